The third-order valence-corrected chi connectivity index (χ3v) is 1.87. The minimum Gasteiger partial charge on any atom is -0.444 e. The number of rotatable bonds is 7. The van der Waals surface area contributed by atoms with Crippen LogP contribution in [0.25, 0.3) is 0 Å². The number of hydrogen-bond donors (Lipinski definition) is 2. The van der Waals surface area contributed by atoms with Crippen LogP contribution in [-0.4, -0.2) is 37.7 Å². The molecule has 0 spiro atoms. The van der Waals surface area contributed by atoms with Gasteiger partial charge in [-0.2, -0.15) is 0 Å². The number of ether oxygens (including phenoxy) is 1. The second-order valence-electron chi connectivity index (χ2n) is 3.31. The molecule has 0 atom stereocenters. The summed E-state index contributed by atoms with van der Waals surface area (Å²) < 4.78 is 10.0. The zero-order valence-corrected chi connectivity index (χ0v) is 9.58. The smallest absolute Gasteiger partial charge is 0.234 e. The number of carbonyl (C=O) groups excluding carboxylic acids is 1. The molecule has 1 aromatic rings. The van der Waals surface area contributed by atoms with E-state index in [0.717, 1.165) is 5.76 Å². The lowest BCUT2D eigenvalue weighted by Gasteiger charge is -2.04. The number of aromatic nitrogens is 1. The molecular formula is C10H17N3O3. The van der Waals surface area contributed by atoms with Crippen LogP contribution in [0.3, 0.4) is 0 Å². The number of amides is 1. The van der Waals surface area contributed by atoms with Crippen molar-refractivity contribution in [2.24, 2.45) is 0 Å². The molecule has 0 saturated heterocycles. The van der Waals surface area contributed by atoms with Crippen molar-refractivity contribution in [3.63, 3.8) is 0 Å². The highest BCUT2D eigenvalue weighted by molar-refractivity contribution is 5.77. The minimum atomic E-state index is -0.0908. The van der Waals surface area contributed by atoms with Gasteiger partial charge >= 0.3 is 0 Å². The SMILES string of the molecule is COCCNCC(=O)NCc1ncc(C)o1. The fourth-order valence-corrected chi connectivity index (χ4v) is 1.10. The van der Waals surface area contributed by atoms with E-state index >= 15 is 0 Å². The highest BCUT2D eigenvalue weighted by atomic mass is 16.5. The third-order valence-electron chi connectivity index (χ3n) is 1.87. The molecule has 1 aromatic heterocycles. The first-order chi connectivity index (χ1) is 7.72. The average molecular weight is 227 g/mol. The molecule has 2 N–H and O–H groups in total. The van der Waals surface area contributed by atoms with Gasteiger partial charge in [0, 0.05) is 13.7 Å². The summed E-state index contributed by atoms with van der Waals surface area (Å²) >= 11 is 0. The van der Waals surface area contributed by atoms with Crippen molar-refractivity contribution >= 4 is 5.91 Å². The fraction of sp³-hybridized carbons (Fsp3) is 0.600. The summed E-state index contributed by atoms with van der Waals surface area (Å²) in [6.45, 7) is 3.64. The van der Waals surface area contributed by atoms with E-state index in [1.165, 1.54) is 0 Å². The summed E-state index contributed by atoms with van der Waals surface area (Å²) in [5.74, 6) is 1.16. The van der Waals surface area contributed by atoms with Crippen LogP contribution in [0.4, 0.5) is 0 Å². The van der Waals surface area contributed by atoms with Crippen molar-refractivity contribution in [1.82, 2.24) is 15.6 Å². The maximum absolute atomic E-state index is 11.3. The molecule has 0 aliphatic rings. The monoisotopic (exact) mass is 227 g/mol. The van der Waals surface area contributed by atoms with Crippen molar-refractivity contribution < 1.29 is 13.9 Å². The molecule has 0 unspecified atom stereocenters. The lowest BCUT2D eigenvalue weighted by molar-refractivity contribution is -0.120. The maximum Gasteiger partial charge on any atom is 0.234 e. The first-order valence-corrected chi connectivity index (χ1v) is 5.10. The second-order valence-corrected chi connectivity index (χ2v) is 3.31. The van der Waals surface area contributed by atoms with E-state index in [4.69, 9.17) is 9.15 Å². The molecule has 6 nitrogen and oxygen atoms in total. The number of methoxy groups -OCH3 is 1. The Labute approximate surface area is 94.4 Å². The first-order valence-electron chi connectivity index (χ1n) is 5.10. The lowest BCUT2D eigenvalue weighted by atomic mass is 10.5. The van der Waals surface area contributed by atoms with E-state index < -0.39 is 0 Å². The number of aryl methyl sites for hydroxylation is 1. The number of carbonyl (C=O) groups is 1. The van der Waals surface area contributed by atoms with Gasteiger partial charge < -0.3 is 19.8 Å². The summed E-state index contributed by atoms with van der Waals surface area (Å²) in [5.41, 5.74) is 0. The van der Waals surface area contributed by atoms with Crippen LogP contribution in [0.2, 0.25) is 0 Å². The highest BCUT2D eigenvalue weighted by Crippen LogP contribution is 1.99. The third kappa shape index (κ3) is 4.90. The van der Waals surface area contributed by atoms with E-state index in [9.17, 15) is 4.79 Å². The Hall–Kier alpha value is -1.40. The summed E-state index contributed by atoms with van der Waals surface area (Å²) in [4.78, 5) is 15.3. The summed E-state index contributed by atoms with van der Waals surface area (Å²) in [5, 5.41) is 5.63. The number of nitrogens with zero attached hydrogens (tertiary/aromatic N) is 1. The molecule has 0 aliphatic carbocycles. The van der Waals surface area contributed by atoms with Crippen LogP contribution in [0, 0.1) is 6.92 Å². The van der Waals surface area contributed by atoms with E-state index in [1.807, 2.05) is 6.92 Å². The average Bonchev–Trinajstić information content (AvgIpc) is 2.68. The molecular weight excluding hydrogens is 210 g/mol. The van der Waals surface area contributed by atoms with Crippen molar-refractivity contribution in [3.05, 3.63) is 17.8 Å². The standard InChI is InChI=1S/C10H17N3O3/c1-8-5-13-10(16-8)7-12-9(14)6-11-3-4-15-2/h5,11H,3-4,6-7H2,1-2H3,(H,12,14). The molecule has 0 aromatic carbocycles. The summed E-state index contributed by atoms with van der Waals surface area (Å²) in [6.07, 6.45) is 1.62. The molecule has 1 heterocycles. The Bertz CT molecular complexity index is 325. The Morgan fingerprint density at radius 2 is 2.44 bits per heavy atom. The molecule has 1 rings (SSSR count). The van der Waals surface area contributed by atoms with Gasteiger partial charge in [-0.15, -0.1) is 0 Å². The quantitative estimate of drug-likeness (QED) is 0.633. The van der Waals surface area contributed by atoms with E-state index in [1.54, 1.807) is 13.3 Å². The fourth-order valence-electron chi connectivity index (χ4n) is 1.10. The van der Waals surface area contributed by atoms with Crippen LogP contribution in [0.1, 0.15) is 11.7 Å². The normalized spacial score (nSPS) is 10.4. The van der Waals surface area contributed by atoms with Crippen LogP contribution >= 0.6 is 0 Å². The number of hydrogen-bond acceptors (Lipinski definition) is 5. The van der Waals surface area contributed by atoms with E-state index in [-0.39, 0.29) is 12.5 Å². The van der Waals surface area contributed by atoms with Crippen molar-refractivity contribution in [1.29, 1.82) is 0 Å². The number of nitrogens with one attached hydrogen (secondary N) is 2. The highest BCUT2D eigenvalue weighted by Gasteiger charge is 2.03. The molecule has 0 aliphatic heterocycles. The largest absolute Gasteiger partial charge is 0.444 e. The van der Waals surface area contributed by atoms with E-state index in [0.29, 0.717) is 25.6 Å². The Morgan fingerprint density at radius 3 is 3.06 bits per heavy atom. The van der Waals surface area contributed by atoms with Crippen LogP contribution in [-0.2, 0) is 16.1 Å². The lowest BCUT2D eigenvalue weighted by Crippen LogP contribution is -2.34. The number of oxazole rings is 1. The molecule has 6 heteroatoms. The van der Waals surface area contributed by atoms with Crippen LogP contribution < -0.4 is 10.6 Å². The van der Waals surface area contributed by atoms with Gasteiger partial charge in [0.05, 0.1) is 25.9 Å². The minimum absolute atomic E-state index is 0.0908. The second kappa shape index (κ2) is 6.97. The van der Waals surface area contributed by atoms with Crippen molar-refractivity contribution in [2.45, 2.75) is 13.5 Å². The van der Waals surface area contributed by atoms with Gasteiger partial charge in [-0.3, -0.25) is 4.79 Å². The van der Waals surface area contributed by atoms with Gasteiger partial charge in [-0.25, -0.2) is 4.98 Å². The van der Waals surface area contributed by atoms with Gasteiger partial charge in [0.2, 0.25) is 11.8 Å². The predicted octanol–water partition coefficient (Wildman–Crippen LogP) is -0.165. The first kappa shape index (κ1) is 12.7. The maximum atomic E-state index is 11.3. The summed E-state index contributed by atoms with van der Waals surface area (Å²) in [6, 6.07) is 0. The van der Waals surface area contributed by atoms with E-state index in [2.05, 4.69) is 15.6 Å². The summed E-state index contributed by atoms with van der Waals surface area (Å²) in [7, 11) is 1.62. The zero-order chi connectivity index (χ0) is 11.8. The van der Waals surface area contributed by atoms with Crippen LogP contribution in [0.15, 0.2) is 10.6 Å². The van der Waals surface area contributed by atoms with Crippen LogP contribution in [0.5, 0.6) is 0 Å². The predicted molar refractivity (Wildman–Crippen MR) is 57.8 cm³/mol. The van der Waals surface area contributed by atoms with Crippen molar-refractivity contribution in [2.75, 3.05) is 26.8 Å². The topological polar surface area (TPSA) is 76.4 Å². The van der Waals surface area contributed by atoms with Gasteiger partial charge in [-0.1, -0.05) is 0 Å². The molecule has 0 bridgehead atoms. The Balaban J connectivity index is 2.10. The Kier molecular flexibility index (Phi) is 5.52. The molecule has 1 amide bonds. The molecule has 0 fully saturated rings. The van der Waals surface area contributed by atoms with Gasteiger partial charge in [0.15, 0.2) is 0 Å². The van der Waals surface area contributed by atoms with Gasteiger partial charge in [0.1, 0.15) is 5.76 Å². The molecule has 0 saturated carbocycles. The van der Waals surface area contributed by atoms with Gasteiger partial charge in [0.25, 0.3) is 0 Å². The van der Waals surface area contributed by atoms with Crippen molar-refractivity contribution in [3.8, 4) is 0 Å². The molecule has 0 radical (unpaired) electrons. The molecule has 16 heavy (non-hydrogen) atoms. The zero-order valence-electron chi connectivity index (χ0n) is 9.58. The Morgan fingerprint density at radius 1 is 1.62 bits per heavy atom. The van der Waals surface area contributed by atoms with Gasteiger partial charge in [-0.05, 0) is 6.92 Å². The molecule has 90 valence electrons.